The van der Waals surface area contributed by atoms with Gasteiger partial charge in [-0.25, -0.2) is 9.78 Å². The van der Waals surface area contributed by atoms with Gasteiger partial charge in [0, 0.05) is 10.7 Å². The lowest BCUT2D eigenvalue weighted by Gasteiger charge is -2.31. The molecule has 0 aliphatic rings. The molecule has 1 amide bonds. The number of hydrogen-bond donors (Lipinski definition) is 1. The normalized spacial score (nSPS) is 12.2. The molecule has 1 N–H and O–H groups in total. The summed E-state index contributed by atoms with van der Waals surface area (Å²) in [4.78, 5) is 14.9. The van der Waals surface area contributed by atoms with E-state index in [1.165, 1.54) is 33.0 Å². The minimum atomic E-state index is -4.19. The minimum absolute atomic E-state index is 0.311. The van der Waals surface area contributed by atoms with Gasteiger partial charge in [0.25, 0.3) is 10.0 Å². The molecule has 0 saturated carbocycles. The summed E-state index contributed by atoms with van der Waals surface area (Å²) < 4.78 is 25.4. The van der Waals surface area contributed by atoms with Crippen molar-refractivity contribution in [2.24, 2.45) is 0 Å². The quantitative estimate of drug-likeness (QED) is 0.895. The second kappa shape index (κ2) is 4.85. The third-order valence-electron chi connectivity index (χ3n) is 1.98. The van der Waals surface area contributed by atoms with Gasteiger partial charge in [-0.1, -0.05) is 15.9 Å². The molecule has 0 saturated heterocycles. The molecule has 0 atom stereocenters. The van der Waals surface area contributed by atoms with Gasteiger partial charge in [0.1, 0.15) is 0 Å². The first-order valence-electron chi connectivity index (χ1n) is 4.97. The van der Waals surface area contributed by atoms with E-state index in [1.54, 1.807) is 6.07 Å². The number of aromatic nitrogens is 1. The molecule has 0 aliphatic heterocycles. The third kappa shape index (κ3) is 2.99. The summed E-state index contributed by atoms with van der Waals surface area (Å²) in [6, 6.07) is 2.82. The van der Waals surface area contributed by atoms with Crippen LogP contribution in [0.5, 0.6) is 0 Å². The van der Waals surface area contributed by atoms with Crippen molar-refractivity contribution in [1.82, 2.24) is 9.29 Å². The van der Waals surface area contributed by atoms with Crippen molar-refractivity contribution in [3.05, 3.63) is 22.8 Å². The average molecular weight is 337 g/mol. The van der Waals surface area contributed by atoms with Gasteiger partial charge in [0.2, 0.25) is 0 Å². The van der Waals surface area contributed by atoms with Crippen molar-refractivity contribution in [2.75, 3.05) is 0 Å². The highest BCUT2D eigenvalue weighted by Gasteiger charge is 2.39. The van der Waals surface area contributed by atoms with E-state index < -0.39 is 21.7 Å². The summed E-state index contributed by atoms with van der Waals surface area (Å²) in [7, 11) is -4.19. The van der Waals surface area contributed by atoms with Crippen molar-refractivity contribution < 1.29 is 18.3 Å². The molecule has 0 spiro atoms. The third-order valence-corrected chi connectivity index (χ3v) is 4.41. The molecule has 0 radical (unpaired) electrons. The van der Waals surface area contributed by atoms with Crippen LogP contribution in [-0.2, 0) is 10.0 Å². The fraction of sp³-hybridized carbons (Fsp3) is 0.400. The van der Waals surface area contributed by atoms with Crippen molar-refractivity contribution in [3.8, 4) is 0 Å². The van der Waals surface area contributed by atoms with Crippen LogP contribution < -0.4 is 0 Å². The summed E-state index contributed by atoms with van der Waals surface area (Å²) in [5.41, 5.74) is -1.09. The summed E-state index contributed by atoms with van der Waals surface area (Å²) in [5.74, 6) is 0. The molecule has 8 heteroatoms. The van der Waals surface area contributed by atoms with E-state index in [0.717, 1.165) is 0 Å². The number of halogens is 1. The Morgan fingerprint density at radius 1 is 1.44 bits per heavy atom. The zero-order valence-corrected chi connectivity index (χ0v) is 12.5. The Morgan fingerprint density at radius 2 is 2.00 bits per heavy atom. The van der Waals surface area contributed by atoms with E-state index in [1.807, 2.05) is 0 Å². The number of amides is 1. The molecule has 0 bridgehead atoms. The van der Waals surface area contributed by atoms with Gasteiger partial charge in [0.15, 0.2) is 5.03 Å². The molecular formula is C10H13BrN2O4S. The van der Waals surface area contributed by atoms with Crippen molar-refractivity contribution in [3.63, 3.8) is 0 Å². The van der Waals surface area contributed by atoms with Crippen LogP contribution in [0.1, 0.15) is 20.8 Å². The Balaban J connectivity index is 3.40. The van der Waals surface area contributed by atoms with Gasteiger partial charge < -0.3 is 5.11 Å². The van der Waals surface area contributed by atoms with Crippen molar-refractivity contribution in [2.45, 2.75) is 31.3 Å². The second-order valence-corrected chi connectivity index (χ2v) is 7.18. The maximum atomic E-state index is 12.2. The lowest BCUT2D eigenvalue weighted by atomic mass is 10.1. The number of pyridine rings is 1. The average Bonchev–Trinajstić information content (AvgIpc) is 2.13. The van der Waals surface area contributed by atoms with E-state index in [4.69, 9.17) is 5.11 Å². The SMILES string of the molecule is CC(C)(C)N(C(=O)O)S(=O)(=O)c1cc(Br)ccn1. The van der Waals surface area contributed by atoms with Gasteiger partial charge in [-0.15, -0.1) is 0 Å². The summed E-state index contributed by atoms with van der Waals surface area (Å²) in [6.07, 6.45) is -0.246. The van der Waals surface area contributed by atoms with Gasteiger partial charge in [-0.05, 0) is 32.9 Å². The van der Waals surface area contributed by atoms with Crippen LogP contribution in [0.3, 0.4) is 0 Å². The van der Waals surface area contributed by atoms with Gasteiger partial charge >= 0.3 is 6.09 Å². The topological polar surface area (TPSA) is 87.6 Å². The molecule has 1 heterocycles. The highest BCUT2D eigenvalue weighted by Crippen LogP contribution is 2.24. The Hall–Kier alpha value is -1.15. The van der Waals surface area contributed by atoms with E-state index in [9.17, 15) is 13.2 Å². The Morgan fingerprint density at radius 3 is 2.39 bits per heavy atom. The molecule has 100 valence electrons. The number of hydrogen-bond acceptors (Lipinski definition) is 4. The molecule has 0 aromatic carbocycles. The summed E-state index contributed by atoms with van der Waals surface area (Å²) in [6.45, 7) is 4.49. The lowest BCUT2D eigenvalue weighted by molar-refractivity contribution is 0.146. The zero-order chi connectivity index (χ0) is 14.1. The van der Waals surface area contributed by atoms with Crippen LogP contribution in [0.15, 0.2) is 27.8 Å². The fourth-order valence-electron chi connectivity index (χ4n) is 1.37. The predicted octanol–water partition coefficient (Wildman–Crippen LogP) is 2.31. The Kier molecular flexibility index (Phi) is 4.02. The fourth-order valence-corrected chi connectivity index (χ4v) is 3.44. The Labute approximate surface area is 114 Å². The first-order chi connectivity index (χ1) is 8.06. The molecule has 6 nitrogen and oxygen atoms in total. The van der Waals surface area contributed by atoms with Crippen molar-refractivity contribution >= 4 is 32.0 Å². The highest BCUT2D eigenvalue weighted by molar-refractivity contribution is 9.10. The van der Waals surface area contributed by atoms with Gasteiger partial charge in [-0.3, -0.25) is 0 Å². The number of carboxylic acid groups (broad SMARTS) is 1. The van der Waals surface area contributed by atoms with E-state index >= 15 is 0 Å². The molecule has 1 aromatic heterocycles. The highest BCUT2D eigenvalue weighted by atomic mass is 79.9. The van der Waals surface area contributed by atoms with Crippen LogP contribution in [0.4, 0.5) is 4.79 Å². The number of carbonyl (C=O) groups is 1. The molecular weight excluding hydrogens is 324 g/mol. The van der Waals surface area contributed by atoms with Gasteiger partial charge in [0.05, 0.1) is 5.54 Å². The minimum Gasteiger partial charge on any atom is -0.464 e. The van der Waals surface area contributed by atoms with Crippen LogP contribution in [-0.4, -0.2) is 34.4 Å². The molecule has 18 heavy (non-hydrogen) atoms. The van der Waals surface area contributed by atoms with Crippen LogP contribution >= 0.6 is 15.9 Å². The summed E-state index contributed by atoms with van der Waals surface area (Å²) >= 11 is 3.12. The standard InChI is InChI=1S/C10H13BrN2O4S/c1-10(2,3)13(9(14)15)18(16,17)8-6-7(11)4-5-12-8/h4-6H,1-3H3,(H,14,15). The van der Waals surface area contributed by atoms with Crippen LogP contribution in [0.2, 0.25) is 0 Å². The largest absolute Gasteiger partial charge is 0.464 e. The molecule has 0 unspecified atom stereocenters. The number of sulfonamides is 1. The van der Waals surface area contributed by atoms with E-state index in [2.05, 4.69) is 20.9 Å². The first-order valence-corrected chi connectivity index (χ1v) is 7.20. The maximum Gasteiger partial charge on any atom is 0.421 e. The Bertz CT molecular complexity index is 565. The van der Waals surface area contributed by atoms with Crippen molar-refractivity contribution in [1.29, 1.82) is 0 Å². The van der Waals surface area contributed by atoms with Gasteiger partial charge in [-0.2, -0.15) is 12.7 Å². The summed E-state index contributed by atoms with van der Waals surface area (Å²) in [5, 5.41) is 8.77. The van der Waals surface area contributed by atoms with E-state index in [0.29, 0.717) is 8.78 Å². The molecule has 0 aliphatic carbocycles. The number of rotatable bonds is 2. The monoisotopic (exact) mass is 336 g/mol. The molecule has 1 aromatic rings. The smallest absolute Gasteiger partial charge is 0.421 e. The predicted molar refractivity (Wildman–Crippen MR) is 68.7 cm³/mol. The second-order valence-electron chi connectivity index (χ2n) is 4.54. The molecule has 1 rings (SSSR count). The van der Waals surface area contributed by atoms with Crippen LogP contribution in [0.25, 0.3) is 0 Å². The first kappa shape index (κ1) is 14.9. The maximum absolute atomic E-state index is 12.2. The zero-order valence-electron chi connectivity index (χ0n) is 10.1. The lowest BCUT2D eigenvalue weighted by Crippen LogP contribution is -2.48. The van der Waals surface area contributed by atoms with Crippen LogP contribution in [0, 0.1) is 0 Å². The number of nitrogens with zero attached hydrogens (tertiary/aromatic N) is 2. The van der Waals surface area contributed by atoms with E-state index in [-0.39, 0.29) is 5.03 Å². The molecule has 0 fully saturated rings.